The van der Waals surface area contributed by atoms with E-state index in [1.54, 1.807) is 12.1 Å². The van der Waals surface area contributed by atoms with Crippen molar-refractivity contribution in [3.8, 4) is 0 Å². The Morgan fingerprint density at radius 3 is 2.63 bits per heavy atom. The Morgan fingerprint density at radius 2 is 2.00 bits per heavy atom. The summed E-state index contributed by atoms with van der Waals surface area (Å²) in [5, 5.41) is 3.42. The molecule has 0 bridgehead atoms. The molecule has 1 heterocycles. The maximum Gasteiger partial charge on any atom is 0.243 e. The van der Waals surface area contributed by atoms with Crippen LogP contribution in [0.5, 0.6) is 0 Å². The van der Waals surface area contributed by atoms with Gasteiger partial charge in [-0.05, 0) is 30.5 Å². The molecule has 0 atom stereocenters. The summed E-state index contributed by atoms with van der Waals surface area (Å²) in [6, 6.07) is 6.03. The highest BCUT2D eigenvalue weighted by Gasteiger charge is 2.26. The minimum absolute atomic E-state index is 0.157. The summed E-state index contributed by atoms with van der Waals surface area (Å²) in [5.41, 5.74) is 9.75. The summed E-state index contributed by atoms with van der Waals surface area (Å²) in [6.45, 7) is 4.77. The van der Waals surface area contributed by atoms with Crippen LogP contribution < -0.4 is 0 Å². The predicted octanol–water partition coefficient (Wildman–Crippen LogP) is 2.97. The third-order valence-corrected chi connectivity index (χ3v) is 4.94. The molecule has 0 amide bonds. The Bertz CT molecular complexity index is 637. The largest absolute Gasteiger partial charge is 0.243 e. The molecule has 1 aromatic carbocycles. The molecule has 1 saturated heterocycles. The lowest BCUT2D eigenvalue weighted by atomic mass is 10.1. The molecule has 6 nitrogen and oxygen atoms in total. The van der Waals surface area contributed by atoms with E-state index in [9.17, 15) is 8.42 Å². The van der Waals surface area contributed by atoms with Crippen molar-refractivity contribution in [3.05, 3.63) is 46.9 Å². The summed E-state index contributed by atoms with van der Waals surface area (Å²) >= 11 is 0. The van der Waals surface area contributed by atoms with E-state index in [-0.39, 0.29) is 4.90 Å². The maximum absolute atomic E-state index is 12.4. The Kier molecular flexibility index (Phi) is 3.90. The molecule has 7 heteroatoms. The second kappa shape index (κ2) is 5.44. The first-order chi connectivity index (χ1) is 9.04. The van der Waals surface area contributed by atoms with Crippen molar-refractivity contribution in [2.75, 3.05) is 13.1 Å². The van der Waals surface area contributed by atoms with Gasteiger partial charge in [-0.15, -0.1) is 0 Å². The van der Waals surface area contributed by atoms with E-state index in [1.807, 2.05) is 0 Å². The fourth-order valence-electron chi connectivity index (χ4n) is 1.95. The zero-order valence-electron chi connectivity index (χ0n) is 10.4. The maximum atomic E-state index is 12.4. The first kappa shape index (κ1) is 13.6. The highest BCUT2D eigenvalue weighted by atomic mass is 32.2. The molecule has 100 valence electrons. The monoisotopic (exact) mass is 278 g/mol. The van der Waals surface area contributed by atoms with Crippen LogP contribution in [-0.2, 0) is 10.0 Å². The molecule has 0 radical (unpaired) electrons. The summed E-state index contributed by atoms with van der Waals surface area (Å²) in [4.78, 5) is 2.81. The quantitative estimate of drug-likeness (QED) is 0.368. The van der Waals surface area contributed by atoms with Gasteiger partial charge in [0.1, 0.15) is 0 Å². The molecule has 0 saturated carbocycles. The second-order valence-corrected chi connectivity index (χ2v) is 6.28. The van der Waals surface area contributed by atoms with Crippen LogP contribution in [0, 0.1) is 0 Å². The molecule has 1 aromatic rings. The van der Waals surface area contributed by atoms with Crippen molar-refractivity contribution in [2.24, 2.45) is 5.11 Å². The zero-order valence-corrected chi connectivity index (χ0v) is 11.2. The van der Waals surface area contributed by atoms with Gasteiger partial charge in [0.25, 0.3) is 0 Å². The van der Waals surface area contributed by atoms with Crippen molar-refractivity contribution in [1.29, 1.82) is 0 Å². The molecule has 2 rings (SSSR count). The van der Waals surface area contributed by atoms with Crippen LogP contribution in [0.15, 0.2) is 46.4 Å². The van der Waals surface area contributed by atoms with Crippen LogP contribution in [0.1, 0.15) is 12.8 Å². The van der Waals surface area contributed by atoms with Crippen molar-refractivity contribution in [3.63, 3.8) is 0 Å². The van der Waals surface area contributed by atoms with E-state index in [1.165, 1.54) is 16.4 Å². The molecule has 0 unspecified atom stereocenters. The van der Waals surface area contributed by atoms with Gasteiger partial charge < -0.3 is 0 Å². The fourth-order valence-corrected chi connectivity index (χ4v) is 3.43. The number of hydrogen-bond acceptors (Lipinski definition) is 3. The van der Waals surface area contributed by atoms with Crippen molar-refractivity contribution in [1.82, 2.24) is 4.31 Å². The van der Waals surface area contributed by atoms with E-state index in [0.29, 0.717) is 31.6 Å². The smallest absolute Gasteiger partial charge is 0.207 e. The van der Waals surface area contributed by atoms with E-state index in [0.717, 1.165) is 5.57 Å². The molecular formula is C12H14N4O2S. The lowest BCUT2D eigenvalue weighted by molar-refractivity contribution is 0.387. The van der Waals surface area contributed by atoms with Crippen molar-refractivity contribution in [2.45, 2.75) is 17.7 Å². The van der Waals surface area contributed by atoms with Gasteiger partial charge in [-0.25, -0.2) is 8.42 Å². The van der Waals surface area contributed by atoms with Gasteiger partial charge in [-0.1, -0.05) is 29.4 Å². The van der Waals surface area contributed by atoms with Gasteiger partial charge >= 0.3 is 0 Å². The molecule has 0 N–H and O–H groups in total. The predicted molar refractivity (Wildman–Crippen MR) is 72.4 cm³/mol. The van der Waals surface area contributed by atoms with Crippen LogP contribution in [0.3, 0.4) is 0 Å². The summed E-state index contributed by atoms with van der Waals surface area (Å²) in [6.07, 6.45) is 1.38. The summed E-state index contributed by atoms with van der Waals surface area (Å²) in [7, 11) is -3.52. The summed E-state index contributed by atoms with van der Waals surface area (Å²) in [5.74, 6) is 0. The topological polar surface area (TPSA) is 86.1 Å². The SMILES string of the molecule is C=C1CCN(S(=O)(=O)c2cccc(N=[N+]=[N-])c2)CC1. The van der Waals surface area contributed by atoms with E-state index < -0.39 is 10.0 Å². The average molecular weight is 278 g/mol. The van der Waals surface area contributed by atoms with Crippen molar-refractivity contribution >= 4 is 15.7 Å². The van der Waals surface area contributed by atoms with Gasteiger partial charge in [0, 0.05) is 23.7 Å². The Hall–Kier alpha value is -1.82. The van der Waals surface area contributed by atoms with Crippen LogP contribution >= 0.6 is 0 Å². The fraction of sp³-hybridized carbons (Fsp3) is 0.333. The third-order valence-electron chi connectivity index (χ3n) is 3.05. The lowest BCUT2D eigenvalue weighted by Crippen LogP contribution is -2.36. The summed E-state index contributed by atoms with van der Waals surface area (Å²) < 4.78 is 26.3. The van der Waals surface area contributed by atoms with Gasteiger partial charge in [-0.3, -0.25) is 0 Å². The van der Waals surface area contributed by atoms with E-state index in [4.69, 9.17) is 5.53 Å². The van der Waals surface area contributed by atoms with E-state index in [2.05, 4.69) is 16.6 Å². The number of nitrogens with zero attached hydrogens (tertiary/aromatic N) is 4. The van der Waals surface area contributed by atoms with Crippen LogP contribution in [0.25, 0.3) is 10.4 Å². The van der Waals surface area contributed by atoms with Gasteiger partial charge in [0.2, 0.25) is 10.0 Å². The molecule has 0 spiro atoms. The lowest BCUT2D eigenvalue weighted by Gasteiger charge is -2.27. The van der Waals surface area contributed by atoms with Crippen LogP contribution in [0.2, 0.25) is 0 Å². The standard InChI is InChI=1S/C12H14N4O2S/c1-10-5-7-16(8-6-10)19(17,18)12-4-2-3-11(9-12)14-15-13/h2-4,9H,1,5-8H2. The Morgan fingerprint density at radius 1 is 1.32 bits per heavy atom. The minimum Gasteiger partial charge on any atom is -0.207 e. The number of sulfonamides is 1. The highest BCUT2D eigenvalue weighted by molar-refractivity contribution is 7.89. The van der Waals surface area contributed by atoms with E-state index >= 15 is 0 Å². The molecule has 1 fully saturated rings. The Labute approximate surface area is 112 Å². The van der Waals surface area contributed by atoms with Gasteiger partial charge in [0.05, 0.1) is 4.90 Å². The molecule has 19 heavy (non-hydrogen) atoms. The molecule has 0 aliphatic carbocycles. The minimum atomic E-state index is -3.52. The number of azide groups is 1. The third kappa shape index (κ3) is 2.96. The Balaban J connectivity index is 2.31. The van der Waals surface area contributed by atoms with Crippen molar-refractivity contribution < 1.29 is 8.42 Å². The highest BCUT2D eigenvalue weighted by Crippen LogP contribution is 2.25. The molecule has 0 aromatic heterocycles. The molecular weight excluding hydrogens is 264 g/mol. The first-order valence-corrected chi connectivity index (χ1v) is 7.30. The zero-order chi connectivity index (χ0) is 13.9. The van der Waals surface area contributed by atoms with Crippen LogP contribution in [-0.4, -0.2) is 25.8 Å². The average Bonchev–Trinajstić information content (AvgIpc) is 2.40. The van der Waals surface area contributed by atoms with Crippen LogP contribution in [0.4, 0.5) is 5.69 Å². The first-order valence-electron chi connectivity index (χ1n) is 5.86. The number of piperidine rings is 1. The normalized spacial score (nSPS) is 16.9. The number of benzene rings is 1. The van der Waals surface area contributed by atoms with Gasteiger partial charge in [0.15, 0.2) is 0 Å². The molecule has 1 aliphatic rings. The molecule has 1 aliphatic heterocycles. The second-order valence-electron chi connectivity index (χ2n) is 4.34. The van der Waals surface area contributed by atoms with Gasteiger partial charge in [-0.2, -0.15) is 4.31 Å². The number of rotatable bonds is 3. The number of hydrogen-bond donors (Lipinski definition) is 0.